The molecule has 1 amide bonds. The third kappa shape index (κ3) is 2.88. The zero-order valence-electron chi connectivity index (χ0n) is 13.1. The third-order valence-electron chi connectivity index (χ3n) is 4.30. The van der Waals surface area contributed by atoms with Gasteiger partial charge >= 0.3 is 0 Å². The molecular formula is C17H26N2O. The maximum atomic E-state index is 13.1. The van der Waals surface area contributed by atoms with Crippen molar-refractivity contribution in [1.29, 1.82) is 0 Å². The van der Waals surface area contributed by atoms with Gasteiger partial charge in [-0.3, -0.25) is 4.79 Å². The Labute approximate surface area is 122 Å². The Kier molecular flexibility index (Phi) is 4.19. The Morgan fingerprint density at radius 2 is 1.90 bits per heavy atom. The van der Waals surface area contributed by atoms with E-state index in [2.05, 4.69) is 24.1 Å². The minimum absolute atomic E-state index is 0.139. The summed E-state index contributed by atoms with van der Waals surface area (Å²) in [4.78, 5) is 15.1. The summed E-state index contributed by atoms with van der Waals surface area (Å²) < 4.78 is 0. The van der Waals surface area contributed by atoms with Crippen LogP contribution in [0.3, 0.4) is 0 Å². The Balaban J connectivity index is 2.29. The molecule has 1 aliphatic rings. The van der Waals surface area contributed by atoms with Crippen LogP contribution in [0.5, 0.6) is 0 Å². The van der Waals surface area contributed by atoms with Crippen LogP contribution in [0.4, 0.5) is 0 Å². The van der Waals surface area contributed by atoms with Crippen molar-refractivity contribution in [3.8, 4) is 0 Å². The van der Waals surface area contributed by atoms with Crippen molar-refractivity contribution in [2.24, 2.45) is 0 Å². The van der Waals surface area contributed by atoms with Gasteiger partial charge in [0.15, 0.2) is 0 Å². The topological polar surface area (TPSA) is 32.3 Å². The lowest BCUT2D eigenvalue weighted by atomic mass is 9.82. The maximum absolute atomic E-state index is 13.1. The second kappa shape index (κ2) is 5.57. The number of amides is 1. The van der Waals surface area contributed by atoms with Gasteiger partial charge in [-0.2, -0.15) is 0 Å². The Hall–Kier alpha value is -1.35. The monoisotopic (exact) mass is 274 g/mol. The van der Waals surface area contributed by atoms with Gasteiger partial charge in [0.25, 0.3) is 0 Å². The van der Waals surface area contributed by atoms with Crippen molar-refractivity contribution in [2.75, 3.05) is 19.6 Å². The Morgan fingerprint density at radius 3 is 2.55 bits per heavy atom. The lowest BCUT2D eigenvalue weighted by molar-refractivity contribution is -0.141. The summed E-state index contributed by atoms with van der Waals surface area (Å²) in [5.74, 6) is 0.220. The molecular weight excluding hydrogens is 248 g/mol. The standard InChI is InChI=1S/C17H26N2O/c1-16(2)13-18-11-8-12-19(16)15(20)17(3,4)14-9-6-5-7-10-14/h5-7,9-10,18H,8,11-13H2,1-4H3. The second-order valence-corrected chi connectivity index (χ2v) is 6.79. The van der Waals surface area contributed by atoms with Crippen LogP contribution in [0.2, 0.25) is 0 Å². The summed E-state index contributed by atoms with van der Waals surface area (Å²) in [6.45, 7) is 11.0. The minimum atomic E-state index is -0.483. The summed E-state index contributed by atoms with van der Waals surface area (Å²) in [6.07, 6.45) is 1.01. The molecule has 1 saturated heterocycles. The maximum Gasteiger partial charge on any atom is 0.233 e. The number of rotatable bonds is 2. The number of nitrogens with one attached hydrogen (secondary N) is 1. The number of hydrogen-bond acceptors (Lipinski definition) is 2. The van der Waals surface area contributed by atoms with E-state index in [9.17, 15) is 4.79 Å². The van der Waals surface area contributed by atoms with Gasteiger partial charge in [-0.05, 0) is 46.2 Å². The summed E-state index contributed by atoms with van der Waals surface area (Å²) in [7, 11) is 0. The van der Waals surface area contributed by atoms with Crippen molar-refractivity contribution in [1.82, 2.24) is 10.2 Å². The van der Waals surface area contributed by atoms with Crippen LogP contribution >= 0.6 is 0 Å². The first-order valence-corrected chi connectivity index (χ1v) is 7.44. The fraction of sp³-hybridized carbons (Fsp3) is 0.588. The molecule has 0 aromatic heterocycles. The van der Waals surface area contributed by atoms with E-state index in [0.29, 0.717) is 0 Å². The van der Waals surface area contributed by atoms with Gasteiger partial charge in [-0.1, -0.05) is 30.3 Å². The molecule has 3 heteroatoms. The van der Waals surface area contributed by atoms with Gasteiger partial charge in [-0.25, -0.2) is 0 Å². The SMILES string of the molecule is CC(C)(C(=O)N1CCCNCC1(C)C)c1ccccc1. The first-order chi connectivity index (χ1) is 9.36. The molecule has 110 valence electrons. The molecule has 1 N–H and O–H groups in total. The van der Waals surface area contributed by atoms with Crippen molar-refractivity contribution in [3.05, 3.63) is 35.9 Å². The molecule has 2 rings (SSSR count). The molecule has 1 aromatic carbocycles. The molecule has 1 aromatic rings. The molecule has 0 radical (unpaired) electrons. The summed E-state index contributed by atoms with van der Waals surface area (Å²) >= 11 is 0. The van der Waals surface area contributed by atoms with E-state index < -0.39 is 5.41 Å². The molecule has 0 saturated carbocycles. The highest BCUT2D eigenvalue weighted by atomic mass is 16.2. The van der Waals surface area contributed by atoms with Crippen molar-refractivity contribution in [2.45, 2.75) is 45.1 Å². The van der Waals surface area contributed by atoms with Crippen LogP contribution < -0.4 is 5.32 Å². The van der Waals surface area contributed by atoms with Gasteiger partial charge in [0, 0.05) is 18.6 Å². The van der Waals surface area contributed by atoms with E-state index in [0.717, 1.165) is 31.6 Å². The van der Waals surface area contributed by atoms with E-state index in [-0.39, 0.29) is 11.4 Å². The van der Waals surface area contributed by atoms with E-state index in [4.69, 9.17) is 0 Å². The summed E-state index contributed by atoms with van der Waals surface area (Å²) in [5, 5.41) is 3.42. The molecule has 20 heavy (non-hydrogen) atoms. The highest BCUT2D eigenvalue weighted by Gasteiger charge is 2.40. The molecule has 1 aliphatic heterocycles. The number of carbonyl (C=O) groups is 1. The predicted octanol–water partition coefficient (Wildman–Crippen LogP) is 2.56. The van der Waals surface area contributed by atoms with Crippen LogP contribution in [0.1, 0.15) is 39.7 Å². The van der Waals surface area contributed by atoms with Crippen LogP contribution in [0.25, 0.3) is 0 Å². The number of carbonyl (C=O) groups excluding carboxylic acids is 1. The molecule has 1 heterocycles. The first-order valence-electron chi connectivity index (χ1n) is 7.44. The van der Waals surface area contributed by atoms with Crippen molar-refractivity contribution < 1.29 is 4.79 Å². The smallest absolute Gasteiger partial charge is 0.233 e. The quantitative estimate of drug-likeness (QED) is 0.899. The Morgan fingerprint density at radius 1 is 1.25 bits per heavy atom. The van der Waals surface area contributed by atoms with Crippen LogP contribution in [0, 0.1) is 0 Å². The first kappa shape index (κ1) is 15.0. The molecule has 0 atom stereocenters. The normalized spacial score (nSPS) is 19.5. The zero-order chi connectivity index (χ0) is 14.8. The van der Waals surface area contributed by atoms with Gasteiger partial charge in [0.05, 0.1) is 5.41 Å². The minimum Gasteiger partial charge on any atom is -0.336 e. The van der Waals surface area contributed by atoms with E-state index in [1.54, 1.807) is 0 Å². The van der Waals surface area contributed by atoms with Gasteiger partial charge in [0.1, 0.15) is 0 Å². The molecule has 1 fully saturated rings. The fourth-order valence-corrected chi connectivity index (χ4v) is 2.85. The summed E-state index contributed by atoms with van der Waals surface area (Å²) in [5.41, 5.74) is 0.459. The molecule has 0 spiro atoms. The molecule has 0 unspecified atom stereocenters. The van der Waals surface area contributed by atoms with Crippen LogP contribution in [-0.4, -0.2) is 36.0 Å². The lowest BCUT2D eigenvalue weighted by Crippen LogP contribution is -2.56. The molecule has 3 nitrogen and oxygen atoms in total. The van der Waals surface area contributed by atoms with Crippen molar-refractivity contribution in [3.63, 3.8) is 0 Å². The molecule has 0 aliphatic carbocycles. The second-order valence-electron chi connectivity index (χ2n) is 6.79. The van der Waals surface area contributed by atoms with Gasteiger partial charge in [0.2, 0.25) is 5.91 Å². The Bertz CT molecular complexity index is 465. The number of hydrogen-bond donors (Lipinski definition) is 1. The van der Waals surface area contributed by atoms with Crippen LogP contribution in [-0.2, 0) is 10.2 Å². The van der Waals surface area contributed by atoms with E-state index >= 15 is 0 Å². The fourth-order valence-electron chi connectivity index (χ4n) is 2.85. The average molecular weight is 274 g/mol. The van der Waals surface area contributed by atoms with E-state index in [1.165, 1.54) is 0 Å². The predicted molar refractivity (Wildman–Crippen MR) is 82.7 cm³/mol. The lowest BCUT2D eigenvalue weighted by Gasteiger charge is -2.41. The highest BCUT2D eigenvalue weighted by molar-refractivity contribution is 5.88. The molecule has 0 bridgehead atoms. The largest absolute Gasteiger partial charge is 0.336 e. The number of benzene rings is 1. The van der Waals surface area contributed by atoms with E-state index in [1.807, 2.05) is 44.2 Å². The number of nitrogens with zero attached hydrogens (tertiary/aromatic N) is 1. The van der Waals surface area contributed by atoms with Gasteiger partial charge in [-0.15, -0.1) is 0 Å². The van der Waals surface area contributed by atoms with Crippen LogP contribution in [0.15, 0.2) is 30.3 Å². The highest BCUT2D eigenvalue weighted by Crippen LogP contribution is 2.29. The summed E-state index contributed by atoms with van der Waals surface area (Å²) in [6, 6.07) is 10.1. The zero-order valence-corrected chi connectivity index (χ0v) is 13.1. The van der Waals surface area contributed by atoms with Gasteiger partial charge < -0.3 is 10.2 Å². The van der Waals surface area contributed by atoms with Crippen molar-refractivity contribution >= 4 is 5.91 Å². The third-order valence-corrected chi connectivity index (χ3v) is 4.30. The average Bonchev–Trinajstić information content (AvgIpc) is 2.59.